The topological polar surface area (TPSA) is 52.6 Å². The number of ether oxygens (including phenoxy) is 2. The van der Waals surface area contributed by atoms with E-state index >= 15 is 0 Å². The zero-order chi connectivity index (χ0) is 13.3. The van der Waals surface area contributed by atoms with Gasteiger partial charge in [-0.25, -0.2) is 0 Å². The fraction of sp³-hybridized carbons (Fsp3) is 0.867. The second kappa shape index (κ2) is 2.70. The minimum absolute atomic E-state index is 0.191. The Morgan fingerprint density at radius 3 is 1.47 bits per heavy atom. The van der Waals surface area contributed by atoms with E-state index in [0.717, 1.165) is 5.92 Å². The van der Waals surface area contributed by atoms with Crippen molar-refractivity contribution in [1.29, 1.82) is 0 Å². The van der Waals surface area contributed by atoms with Crippen molar-refractivity contribution in [1.82, 2.24) is 0 Å². The summed E-state index contributed by atoms with van der Waals surface area (Å²) >= 11 is 0. The minimum Gasteiger partial charge on any atom is -0.469 e. The van der Waals surface area contributed by atoms with Crippen LogP contribution < -0.4 is 0 Å². The molecule has 4 heteroatoms. The van der Waals surface area contributed by atoms with Crippen molar-refractivity contribution >= 4 is 11.9 Å². The predicted molar refractivity (Wildman–Crippen MR) is 63.5 cm³/mol. The summed E-state index contributed by atoms with van der Waals surface area (Å²) in [6.07, 6.45) is 0. The van der Waals surface area contributed by atoms with Gasteiger partial charge in [-0.15, -0.1) is 0 Å². The lowest BCUT2D eigenvalue weighted by Crippen LogP contribution is -2.51. The molecule has 0 heterocycles. The maximum Gasteiger partial charge on any atom is 0.309 e. The van der Waals surface area contributed by atoms with E-state index in [1.165, 1.54) is 14.2 Å². The van der Waals surface area contributed by atoms with Gasteiger partial charge in [0, 0.05) is 0 Å². The van der Waals surface area contributed by atoms with Crippen LogP contribution >= 0.6 is 0 Å². The molecule has 0 aromatic rings. The van der Waals surface area contributed by atoms with Gasteiger partial charge in [-0.3, -0.25) is 9.59 Å². The first-order valence-electron chi connectivity index (χ1n) is 7.24. The highest BCUT2D eigenvalue weighted by atomic mass is 16.5. The Kier molecular flexibility index (Phi) is 1.52. The maximum atomic E-state index is 12.2. The predicted octanol–water partition coefficient (Wildman–Crippen LogP) is 0.952. The van der Waals surface area contributed by atoms with Crippen molar-refractivity contribution in [2.75, 3.05) is 14.2 Å². The molecule has 0 spiro atoms. The number of carbonyl (C=O) groups is 2. The molecule has 6 saturated carbocycles. The molecule has 6 fully saturated rings. The van der Waals surface area contributed by atoms with Gasteiger partial charge in [-0.1, -0.05) is 6.92 Å². The molecule has 0 aromatic heterocycles. The molecule has 8 atom stereocenters. The van der Waals surface area contributed by atoms with Crippen LogP contribution in [0.15, 0.2) is 0 Å². The average molecular weight is 262 g/mol. The van der Waals surface area contributed by atoms with E-state index in [9.17, 15) is 9.59 Å². The van der Waals surface area contributed by atoms with Crippen molar-refractivity contribution < 1.29 is 19.1 Å². The molecular weight excluding hydrogens is 244 g/mol. The van der Waals surface area contributed by atoms with Gasteiger partial charge >= 0.3 is 11.9 Å². The molecule has 6 aliphatic rings. The summed E-state index contributed by atoms with van der Waals surface area (Å²) in [7, 11) is 2.87. The van der Waals surface area contributed by atoms with Crippen molar-refractivity contribution in [3.63, 3.8) is 0 Å². The quantitative estimate of drug-likeness (QED) is 0.695. The van der Waals surface area contributed by atoms with E-state index in [1.807, 2.05) is 0 Å². The zero-order valence-corrected chi connectivity index (χ0v) is 11.3. The van der Waals surface area contributed by atoms with E-state index in [-0.39, 0.29) is 23.8 Å². The van der Waals surface area contributed by atoms with Crippen LogP contribution in [0.25, 0.3) is 0 Å². The molecule has 4 nitrogen and oxygen atoms in total. The number of carbonyl (C=O) groups excluding carboxylic acids is 2. The molecule has 8 unspecified atom stereocenters. The number of esters is 2. The number of methoxy groups -OCH3 is 2. The SMILES string of the molecule is COC(=O)C1C(C(=O)OC)C2C3C4C1C1C2C1(C)C43. The van der Waals surface area contributed by atoms with Crippen LogP contribution in [0.5, 0.6) is 0 Å². The second-order valence-corrected chi connectivity index (χ2v) is 7.35. The summed E-state index contributed by atoms with van der Waals surface area (Å²) in [6.45, 7) is 2.38. The lowest BCUT2D eigenvalue weighted by atomic mass is 9.58. The summed E-state index contributed by atoms with van der Waals surface area (Å²) in [5.41, 5.74) is 0.444. The van der Waals surface area contributed by atoms with Crippen LogP contribution in [0.4, 0.5) is 0 Å². The van der Waals surface area contributed by atoms with Crippen molar-refractivity contribution in [3.8, 4) is 0 Å². The summed E-state index contributed by atoms with van der Waals surface area (Å²) < 4.78 is 9.99. The molecule has 6 aliphatic carbocycles. The standard InChI is InChI=1S/C15H18O4/c1-15-10-4-5(10)7-9(14(17)19-3)8(13(16)18-2)6(4)11(15)12(7)15/h4-12H,1-3H3. The number of hydrogen-bond acceptors (Lipinski definition) is 4. The summed E-state index contributed by atoms with van der Waals surface area (Å²) in [5.74, 6) is 3.50. The van der Waals surface area contributed by atoms with Crippen LogP contribution in [0, 0.1) is 58.7 Å². The van der Waals surface area contributed by atoms with Gasteiger partial charge in [-0.2, -0.15) is 0 Å². The molecule has 0 aromatic carbocycles. The number of rotatable bonds is 2. The Balaban J connectivity index is 1.62. The van der Waals surface area contributed by atoms with Gasteiger partial charge in [0.1, 0.15) is 0 Å². The lowest BCUT2D eigenvalue weighted by Gasteiger charge is -2.44. The molecule has 2 bridgehead atoms. The summed E-state index contributed by atoms with van der Waals surface area (Å²) in [5, 5.41) is 0. The first-order chi connectivity index (χ1) is 9.08. The van der Waals surface area contributed by atoms with Gasteiger partial charge in [0.15, 0.2) is 0 Å². The Hall–Kier alpha value is -1.06. The van der Waals surface area contributed by atoms with E-state index < -0.39 is 0 Å². The normalized spacial score (nSPS) is 64.7. The molecule has 0 aliphatic heterocycles. The third kappa shape index (κ3) is 0.796. The van der Waals surface area contributed by atoms with Gasteiger partial charge in [0.05, 0.1) is 26.1 Å². The molecule has 0 amide bonds. The smallest absolute Gasteiger partial charge is 0.309 e. The molecule has 6 rings (SSSR count). The van der Waals surface area contributed by atoms with Crippen LogP contribution in [0.2, 0.25) is 0 Å². The van der Waals surface area contributed by atoms with E-state index in [2.05, 4.69) is 6.92 Å². The molecular formula is C15H18O4. The van der Waals surface area contributed by atoms with Crippen LogP contribution in [0.1, 0.15) is 6.92 Å². The first-order valence-corrected chi connectivity index (χ1v) is 7.24. The van der Waals surface area contributed by atoms with Crippen molar-refractivity contribution in [3.05, 3.63) is 0 Å². The molecule has 0 saturated heterocycles. The minimum atomic E-state index is -0.237. The Morgan fingerprint density at radius 1 is 0.789 bits per heavy atom. The average Bonchev–Trinajstić information content (AvgIpc) is 3.26. The zero-order valence-electron chi connectivity index (χ0n) is 11.3. The largest absolute Gasteiger partial charge is 0.469 e. The number of hydrogen-bond donors (Lipinski definition) is 0. The molecule has 0 radical (unpaired) electrons. The molecule has 19 heavy (non-hydrogen) atoms. The summed E-state index contributed by atoms with van der Waals surface area (Å²) in [4.78, 5) is 24.4. The van der Waals surface area contributed by atoms with Gasteiger partial charge in [0.2, 0.25) is 0 Å². The lowest BCUT2D eigenvalue weighted by molar-refractivity contribution is -0.171. The van der Waals surface area contributed by atoms with Gasteiger partial charge < -0.3 is 9.47 Å². The fourth-order valence-corrected chi connectivity index (χ4v) is 7.30. The highest BCUT2D eigenvalue weighted by Gasteiger charge is 2.97. The van der Waals surface area contributed by atoms with Crippen LogP contribution in [-0.4, -0.2) is 26.2 Å². The molecule has 0 N–H and O–H groups in total. The highest BCUT2D eigenvalue weighted by molar-refractivity contribution is 5.84. The molecule has 102 valence electrons. The third-order valence-electron chi connectivity index (χ3n) is 7.45. The second-order valence-electron chi connectivity index (χ2n) is 7.35. The van der Waals surface area contributed by atoms with Gasteiger partial charge in [0.25, 0.3) is 0 Å². The van der Waals surface area contributed by atoms with Crippen molar-refractivity contribution in [2.24, 2.45) is 58.7 Å². The first kappa shape index (κ1) is 10.7. The Labute approximate surface area is 111 Å². The monoisotopic (exact) mass is 262 g/mol. The highest BCUT2D eigenvalue weighted by Crippen LogP contribution is 2.98. The number of fused-ring (bicyclic) bond motifs is 1. The fourth-order valence-electron chi connectivity index (χ4n) is 7.30. The maximum absolute atomic E-state index is 12.2. The Morgan fingerprint density at radius 2 is 1.21 bits per heavy atom. The van der Waals surface area contributed by atoms with E-state index in [0.29, 0.717) is 40.9 Å². The van der Waals surface area contributed by atoms with Gasteiger partial charge in [-0.05, 0) is 46.8 Å². The summed E-state index contributed by atoms with van der Waals surface area (Å²) in [6, 6.07) is 0. The van der Waals surface area contributed by atoms with E-state index in [1.54, 1.807) is 0 Å². The Bertz CT molecular complexity index is 484. The van der Waals surface area contributed by atoms with Crippen LogP contribution in [-0.2, 0) is 19.1 Å². The van der Waals surface area contributed by atoms with Crippen LogP contribution in [0.3, 0.4) is 0 Å². The third-order valence-corrected chi connectivity index (χ3v) is 7.45. The van der Waals surface area contributed by atoms with Crippen molar-refractivity contribution in [2.45, 2.75) is 6.92 Å². The van der Waals surface area contributed by atoms with E-state index in [4.69, 9.17) is 9.47 Å².